The third-order valence-electron chi connectivity index (χ3n) is 3.36. The van der Waals surface area contributed by atoms with E-state index < -0.39 is 6.09 Å². The van der Waals surface area contributed by atoms with Crippen molar-refractivity contribution in [3.63, 3.8) is 0 Å². The van der Waals surface area contributed by atoms with Crippen LogP contribution in [-0.4, -0.2) is 42.3 Å². The summed E-state index contributed by atoms with van der Waals surface area (Å²) in [6, 6.07) is 8.44. The van der Waals surface area contributed by atoms with Gasteiger partial charge in [-0.1, -0.05) is 6.07 Å². The van der Waals surface area contributed by atoms with Gasteiger partial charge < -0.3 is 14.9 Å². The number of hydrogen-bond acceptors (Lipinski definition) is 3. The van der Waals surface area contributed by atoms with E-state index in [-0.39, 0.29) is 0 Å². The van der Waals surface area contributed by atoms with Crippen LogP contribution in [0.2, 0.25) is 0 Å². The maximum absolute atomic E-state index is 10.9. The molecule has 2 heterocycles. The summed E-state index contributed by atoms with van der Waals surface area (Å²) in [5.74, 6) is 0. The zero-order chi connectivity index (χ0) is 12.5. The second kappa shape index (κ2) is 4.49. The maximum Gasteiger partial charge on any atom is 0.407 e. The van der Waals surface area contributed by atoms with E-state index >= 15 is 0 Å². The minimum Gasteiger partial charge on any atom is -0.465 e. The van der Waals surface area contributed by atoms with Gasteiger partial charge in [-0.25, -0.2) is 4.79 Å². The summed E-state index contributed by atoms with van der Waals surface area (Å²) in [6.07, 6.45) is -0.816. The lowest BCUT2D eigenvalue weighted by molar-refractivity contribution is 0.142. The predicted octanol–water partition coefficient (Wildman–Crippen LogP) is 2.70. The molecular weight excluding hydrogens is 248 g/mol. The van der Waals surface area contributed by atoms with Crippen molar-refractivity contribution in [2.45, 2.75) is 0 Å². The number of nitrogens with zero attached hydrogens (tertiary/aromatic N) is 2. The molecule has 5 heteroatoms. The molecule has 0 atom stereocenters. The van der Waals surface area contributed by atoms with Gasteiger partial charge in [-0.3, -0.25) is 0 Å². The Bertz CT molecular complexity index is 573. The van der Waals surface area contributed by atoms with E-state index in [2.05, 4.69) is 34.5 Å². The summed E-state index contributed by atoms with van der Waals surface area (Å²) >= 11 is 1.74. The molecule has 0 saturated carbocycles. The van der Waals surface area contributed by atoms with Crippen LogP contribution in [0.1, 0.15) is 0 Å². The van der Waals surface area contributed by atoms with E-state index in [4.69, 9.17) is 5.11 Å². The van der Waals surface area contributed by atoms with Crippen LogP contribution >= 0.6 is 11.3 Å². The Morgan fingerprint density at radius 3 is 2.67 bits per heavy atom. The first-order valence-electron chi connectivity index (χ1n) is 5.95. The molecule has 1 aliphatic heterocycles. The molecule has 18 heavy (non-hydrogen) atoms. The summed E-state index contributed by atoms with van der Waals surface area (Å²) in [4.78, 5) is 14.6. The average Bonchev–Trinajstić information content (AvgIpc) is 2.87. The van der Waals surface area contributed by atoms with Crippen LogP contribution in [-0.2, 0) is 0 Å². The van der Waals surface area contributed by atoms with Crippen molar-refractivity contribution in [2.75, 3.05) is 31.1 Å². The highest BCUT2D eigenvalue weighted by Crippen LogP contribution is 2.30. The van der Waals surface area contributed by atoms with Crippen LogP contribution in [0.3, 0.4) is 0 Å². The van der Waals surface area contributed by atoms with Crippen molar-refractivity contribution in [1.82, 2.24) is 4.90 Å². The molecule has 4 nitrogen and oxygen atoms in total. The number of benzene rings is 1. The van der Waals surface area contributed by atoms with Crippen LogP contribution in [0, 0.1) is 0 Å². The van der Waals surface area contributed by atoms with Crippen molar-refractivity contribution < 1.29 is 9.90 Å². The fourth-order valence-electron chi connectivity index (χ4n) is 2.39. The number of carbonyl (C=O) groups is 1. The average molecular weight is 262 g/mol. The Labute approximate surface area is 109 Å². The smallest absolute Gasteiger partial charge is 0.407 e. The van der Waals surface area contributed by atoms with E-state index in [1.807, 2.05) is 0 Å². The third kappa shape index (κ3) is 1.90. The van der Waals surface area contributed by atoms with E-state index in [1.165, 1.54) is 20.7 Å². The number of hydrogen-bond donors (Lipinski definition) is 1. The molecule has 0 spiro atoms. The SMILES string of the molecule is O=C(O)N1CCN(c2cccc3sccc23)CC1. The van der Waals surface area contributed by atoms with Crippen LogP contribution in [0.15, 0.2) is 29.6 Å². The number of fused-ring (bicyclic) bond motifs is 1. The van der Waals surface area contributed by atoms with Crippen molar-refractivity contribution >= 4 is 33.2 Å². The standard InChI is InChI=1S/C13H14N2O2S/c16-13(17)15-7-5-14(6-8-15)11-2-1-3-12-10(11)4-9-18-12/h1-4,9H,5-8H2,(H,16,17). The highest BCUT2D eigenvalue weighted by molar-refractivity contribution is 7.17. The van der Waals surface area contributed by atoms with Crippen molar-refractivity contribution in [1.29, 1.82) is 0 Å². The molecular formula is C13H14N2O2S. The van der Waals surface area contributed by atoms with Gasteiger partial charge in [-0.05, 0) is 23.6 Å². The summed E-state index contributed by atoms with van der Waals surface area (Å²) in [6.45, 7) is 2.69. The zero-order valence-electron chi connectivity index (χ0n) is 9.87. The summed E-state index contributed by atoms with van der Waals surface area (Å²) < 4.78 is 1.29. The fraction of sp³-hybridized carbons (Fsp3) is 0.308. The molecule has 1 aliphatic rings. The number of thiophene rings is 1. The van der Waals surface area contributed by atoms with Crippen LogP contribution < -0.4 is 4.90 Å². The monoisotopic (exact) mass is 262 g/mol. The van der Waals surface area contributed by atoms with E-state index in [0.717, 1.165) is 13.1 Å². The van der Waals surface area contributed by atoms with E-state index in [1.54, 1.807) is 11.3 Å². The Morgan fingerprint density at radius 1 is 1.17 bits per heavy atom. The van der Waals surface area contributed by atoms with Gasteiger partial charge >= 0.3 is 6.09 Å². The molecule has 0 bridgehead atoms. The number of amides is 1. The second-order valence-electron chi connectivity index (χ2n) is 4.37. The molecule has 0 aliphatic carbocycles. The van der Waals surface area contributed by atoms with Gasteiger partial charge in [0.2, 0.25) is 0 Å². The van der Waals surface area contributed by atoms with Gasteiger partial charge in [0, 0.05) is 42.0 Å². The lowest BCUT2D eigenvalue weighted by Crippen LogP contribution is -2.48. The Balaban J connectivity index is 1.84. The Morgan fingerprint density at radius 2 is 1.94 bits per heavy atom. The maximum atomic E-state index is 10.9. The molecule has 0 unspecified atom stereocenters. The molecule has 1 aromatic carbocycles. The molecule has 1 amide bonds. The largest absolute Gasteiger partial charge is 0.465 e. The van der Waals surface area contributed by atoms with Gasteiger partial charge in [0.25, 0.3) is 0 Å². The Hall–Kier alpha value is -1.75. The number of rotatable bonds is 1. The van der Waals surface area contributed by atoms with Crippen LogP contribution in [0.5, 0.6) is 0 Å². The summed E-state index contributed by atoms with van der Waals surface area (Å²) in [7, 11) is 0. The Kier molecular flexibility index (Phi) is 2.83. The molecule has 3 rings (SSSR count). The topological polar surface area (TPSA) is 43.8 Å². The quantitative estimate of drug-likeness (QED) is 0.859. The minimum atomic E-state index is -0.816. The highest BCUT2D eigenvalue weighted by Gasteiger charge is 2.21. The first-order chi connectivity index (χ1) is 8.75. The molecule has 0 radical (unpaired) electrons. The van der Waals surface area contributed by atoms with Gasteiger partial charge in [-0.15, -0.1) is 11.3 Å². The fourth-order valence-corrected chi connectivity index (χ4v) is 3.20. The van der Waals surface area contributed by atoms with Crippen LogP contribution in [0.25, 0.3) is 10.1 Å². The molecule has 1 saturated heterocycles. The molecule has 94 valence electrons. The van der Waals surface area contributed by atoms with Gasteiger partial charge in [0.05, 0.1) is 0 Å². The molecule has 1 N–H and O–H groups in total. The second-order valence-corrected chi connectivity index (χ2v) is 5.31. The van der Waals surface area contributed by atoms with Crippen LogP contribution in [0.4, 0.5) is 10.5 Å². The summed E-state index contributed by atoms with van der Waals surface area (Å²) in [5, 5.41) is 12.3. The number of carboxylic acid groups (broad SMARTS) is 1. The summed E-state index contributed by atoms with van der Waals surface area (Å²) in [5.41, 5.74) is 1.22. The normalized spacial score (nSPS) is 16.2. The van der Waals surface area contributed by atoms with E-state index in [0.29, 0.717) is 13.1 Å². The number of piperazine rings is 1. The van der Waals surface area contributed by atoms with Crippen molar-refractivity contribution in [3.05, 3.63) is 29.6 Å². The van der Waals surface area contributed by atoms with Crippen molar-refractivity contribution in [2.24, 2.45) is 0 Å². The van der Waals surface area contributed by atoms with Gasteiger partial charge in [0.15, 0.2) is 0 Å². The molecule has 1 fully saturated rings. The predicted molar refractivity (Wildman–Crippen MR) is 73.6 cm³/mol. The minimum absolute atomic E-state index is 0.579. The van der Waals surface area contributed by atoms with Gasteiger partial charge in [0.1, 0.15) is 0 Å². The lowest BCUT2D eigenvalue weighted by atomic mass is 10.2. The first kappa shape index (κ1) is 11.3. The molecule has 1 aromatic heterocycles. The molecule has 2 aromatic rings. The number of anilines is 1. The third-order valence-corrected chi connectivity index (χ3v) is 4.25. The first-order valence-corrected chi connectivity index (χ1v) is 6.83. The lowest BCUT2D eigenvalue weighted by Gasteiger charge is -2.35. The van der Waals surface area contributed by atoms with Gasteiger partial charge in [-0.2, -0.15) is 0 Å². The zero-order valence-corrected chi connectivity index (χ0v) is 10.7. The van der Waals surface area contributed by atoms with E-state index in [9.17, 15) is 4.79 Å². The van der Waals surface area contributed by atoms with Crippen molar-refractivity contribution in [3.8, 4) is 0 Å². The highest BCUT2D eigenvalue weighted by atomic mass is 32.1.